The summed E-state index contributed by atoms with van der Waals surface area (Å²) in [4.78, 5) is 3.46. The van der Waals surface area contributed by atoms with Gasteiger partial charge in [-0.25, -0.2) is 9.37 Å². The van der Waals surface area contributed by atoms with Gasteiger partial charge in [0.2, 0.25) is 0 Å². The van der Waals surface area contributed by atoms with Gasteiger partial charge in [-0.3, -0.25) is 0 Å². The number of nitrogens with zero attached hydrogens (tertiary/aromatic N) is 2. The summed E-state index contributed by atoms with van der Waals surface area (Å²) in [5.74, 6) is -0.732. The summed E-state index contributed by atoms with van der Waals surface area (Å²) in [5.41, 5.74) is -0.461. The number of rotatable bonds is 3. The quantitative estimate of drug-likeness (QED) is 0.855. The van der Waals surface area contributed by atoms with Gasteiger partial charge < -0.3 is 4.74 Å². The molecule has 2 aromatic rings. The zero-order valence-electron chi connectivity index (χ0n) is 9.48. The molecular formula is C13H7F3N2O. The first-order valence-electron chi connectivity index (χ1n) is 5.20. The largest absolute Gasteiger partial charge is 0.444 e. The lowest BCUT2D eigenvalue weighted by atomic mass is 10.2. The highest BCUT2D eigenvalue weighted by Gasteiger charge is 2.36. The average molecular weight is 264 g/mol. The Labute approximate surface area is 106 Å². The summed E-state index contributed by atoms with van der Waals surface area (Å²) in [6.45, 7) is 0. The Morgan fingerprint density at radius 1 is 1.11 bits per heavy atom. The van der Waals surface area contributed by atoms with Crippen molar-refractivity contribution in [3.8, 4) is 11.8 Å². The standard InChI is InChI=1S/C13H7F3N2O/c14-10-2-4-11(5-3-10)19-13(15,16)12-6-1-9(7-17)8-18-12/h1-6,8H. The van der Waals surface area contributed by atoms with E-state index in [0.717, 1.165) is 36.5 Å². The Morgan fingerprint density at radius 2 is 1.79 bits per heavy atom. The minimum Gasteiger partial charge on any atom is -0.428 e. The number of aromatic nitrogens is 1. The number of alkyl halides is 2. The van der Waals surface area contributed by atoms with Crippen LogP contribution >= 0.6 is 0 Å². The van der Waals surface area contributed by atoms with Gasteiger partial charge in [-0.15, -0.1) is 0 Å². The van der Waals surface area contributed by atoms with Gasteiger partial charge in [-0.2, -0.15) is 14.0 Å². The van der Waals surface area contributed by atoms with Crippen LogP contribution in [0.4, 0.5) is 13.2 Å². The number of hydrogen-bond donors (Lipinski definition) is 0. The van der Waals surface area contributed by atoms with Crippen molar-refractivity contribution >= 4 is 0 Å². The van der Waals surface area contributed by atoms with Crippen LogP contribution in [-0.4, -0.2) is 4.98 Å². The minimum atomic E-state index is -3.66. The summed E-state index contributed by atoms with van der Waals surface area (Å²) in [7, 11) is 0. The van der Waals surface area contributed by atoms with Crippen LogP contribution in [0.15, 0.2) is 42.6 Å². The number of hydrogen-bond acceptors (Lipinski definition) is 3. The Morgan fingerprint density at radius 3 is 2.32 bits per heavy atom. The molecule has 0 unspecified atom stereocenters. The molecule has 0 aliphatic heterocycles. The summed E-state index contributed by atoms with van der Waals surface area (Å²) >= 11 is 0. The lowest BCUT2D eigenvalue weighted by molar-refractivity contribution is -0.188. The van der Waals surface area contributed by atoms with Crippen molar-refractivity contribution in [1.82, 2.24) is 4.98 Å². The molecule has 1 aromatic heterocycles. The van der Waals surface area contributed by atoms with Gasteiger partial charge in [0.15, 0.2) is 5.69 Å². The van der Waals surface area contributed by atoms with E-state index in [4.69, 9.17) is 5.26 Å². The molecule has 0 radical (unpaired) electrons. The zero-order chi connectivity index (χ0) is 13.9. The lowest BCUT2D eigenvalue weighted by Crippen LogP contribution is -2.23. The molecule has 0 amide bonds. The van der Waals surface area contributed by atoms with Gasteiger partial charge in [0, 0.05) is 6.20 Å². The van der Waals surface area contributed by atoms with E-state index >= 15 is 0 Å². The van der Waals surface area contributed by atoms with Crippen molar-refractivity contribution in [2.24, 2.45) is 0 Å². The zero-order valence-corrected chi connectivity index (χ0v) is 9.48. The predicted octanol–water partition coefficient (Wildman–Crippen LogP) is 3.22. The number of nitriles is 1. The molecule has 1 heterocycles. The number of pyridine rings is 1. The van der Waals surface area contributed by atoms with Gasteiger partial charge in [0.25, 0.3) is 0 Å². The smallest absolute Gasteiger partial charge is 0.428 e. The molecule has 2 rings (SSSR count). The first-order valence-corrected chi connectivity index (χ1v) is 5.20. The van der Waals surface area contributed by atoms with Crippen LogP contribution in [-0.2, 0) is 6.11 Å². The highest BCUT2D eigenvalue weighted by molar-refractivity contribution is 5.28. The Balaban J connectivity index is 2.21. The monoisotopic (exact) mass is 264 g/mol. The fourth-order valence-electron chi connectivity index (χ4n) is 1.34. The van der Waals surface area contributed by atoms with Crippen LogP contribution in [0, 0.1) is 17.1 Å². The van der Waals surface area contributed by atoms with E-state index in [2.05, 4.69) is 9.72 Å². The van der Waals surface area contributed by atoms with Gasteiger partial charge >= 0.3 is 6.11 Å². The van der Waals surface area contributed by atoms with Crippen molar-refractivity contribution in [3.63, 3.8) is 0 Å². The predicted molar refractivity (Wildman–Crippen MR) is 59.9 cm³/mol. The van der Waals surface area contributed by atoms with E-state index in [1.54, 1.807) is 6.07 Å². The second kappa shape index (κ2) is 4.98. The van der Waals surface area contributed by atoms with Gasteiger partial charge in [0.1, 0.15) is 17.6 Å². The fraction of sp³-hybridized carbons (Fsp3) is 0.0769. The molecule has 3 nitrogen and oxygen atoms in total. The van der Waals surface area contributed by atoms with Crippen molar-refractivity contribution < 1.29 is 17.9 Å². The molecular weight excluding hydrogens is 257 g/mol. The topological polar surface area (TPSA) is 45.9 Å². The molecule has 0 aliphatic rings. The van der Waals surface area contributed by atoms with Crippen molar-refractivity contribution in [2.45, 2.75) is 6.11 Å². The Kier molecular flexibility index (Phi) is 3.38. The van der Waals surface area contributed by atoms with E-state index in [9.17, 15) is 13.2 Å². The maximum absolute atomic E-state index is 13.7. The molecule has 1 aromatic carbocycles. The molecule has 0 bridgehead atoms. The molecule has 0 saturated carbocycles. The summed E-state index contributed by atoms with van der Waals surface area (Å²) in [6, 6.07) is 8.19. The van der Waals surface area contributed by atoms with Gasteiger partial charge in [-0.05, 0) is 36.4 Å². The molecule has 19 heavy (non-hydrogen) atoms. The maximum Gasteiger partial charge on any atom is 0.444 e. The van der Waals surface area contributed by atoms with Gasteiger partial charge in [-0.1, -0.05) is 0 Å². The van der Waals surface area contributed by atoms with E-state index in [-0.39, 0.29) is 11.3 Å². The molecule has 0 fully saturated rings. The molecule has 0 spiro atoms. The lowest BCUT2D eigenvalue weighted by Gasteiger charge is -2.17. The van der Waals surface area contributed by atoms with Crippen molar-refractivity contribution in [2.75, 3.05) is 0 Å². The first-order chi connectivity index (χ1) is 9.01. The Bertz CT molecular complexity index is 603. The van der Waals surface area contributed by atoms with Crippen LogP contribution < -0.4 is 4.74 Å². The number of ether oxygens (including phenoxy) is 1. The second-order valence-electron chi connectivity index (χ2n) is 3.62. The SMILES string of the molecule is N#Cc1ccc(C(F)(F)Oc2ccc(F)cc2)nc1. The molecule has 0 saturated heterocycles. The van der Waals surface area contributed by atoms with Crippen molar-refractivity contribution in [3.05, 3.63) is 59.7 Å². The third kappa shape index (κ3) is 3.01. The Hall–Kier alpha value is -2.55. The van der Waals surface area contributed by atoms with E-state index in [1.165, 1.54) is 6.07 Å². The summed E-state index contributed by atoms with van der Waals surface area (Å²) in [5, 5.41) is 8.55. The van der Waals surface area contributed by atoms with Crippen LogP contribution in [0.3, 0.4) is 0 Å². The fourth-order valence-corrected chi connectivity index (χ4v) is 1.34. The van der Waals surface area contributed by atoms with E-state index in [0.29, 0.717) is 0 Å². The number of benzene rings is 1. The number of halogens is 3. The van der Waals surface area contributed by atoms with E-state index in [1.807, 2.05) is 0 Å². The molecule has 6 heteroatoms. The minimum absolute atomic E-state index is 0.168. The highest BCUT2D eigenvalue weighted by Crippen LogP contribution is 2.30. The third-order valence-corrected chi connectivity index (χ3v) is 2.25. The second-order valence-corrected chi connectivity index (χ2v) is 3.62. The molecule has 96 valence electrons. The van der Waals surface area contributed by atoms with Crippen LogP contribution in [0.2, 0.25) is 0 Å². The molecule has 0 N–H and O–H groups in total. The van der Waals surface area contributed by atoms with Crippen LogP contribution in [0.5, 0.6) is 5.75 Å². The third-order valence-electron chi connectivity index (χ3n) is 2.25. The van der Waals surface area contributed by atoms with Crippen LogP contribution in [0.25, 0.3) is 0 Å². The van der Waals surface area contributed by atoms with Crippen LogP contribution in [0.1, 0.15) is 11.3 Å². The summed E-state index contributed by atoms with van der Waals surface area (Å²) in [6.07, 6.45) is -2.64. The normalized spacial score (nSPS) is 10.8. The van der Waals surface area contributed by atoms with E-state index < -0.39 is 17.6 Å². The highest BCUT2D eigenvalue weighted by atomic mass is 19.3. The van der Waals surface area contributed by atoms with Gasteiger partial charge in [0.05, 0.1) is 5.56 Å². The molecule has 0 aliphatic carbocycles. The first kappa shape index (κ1) is 12.9. The average Bonchev–Trinajstić information content (AvgIpc) is 2.41. The summed E-state index contributed by atoms with van der Waals surface area (Å²) < 4.78 is 44.5. The molecule has 0 atom stereocenters. The maximum atomic E-state index is 13.7. The van der Waals surface area contributed by atoms with Crippen molar-refractivity contribution in [1.29, 1.82) is 5.26 Å².